The van der Waals surface area contributed by atoms with Gasteiger partial charge >= 0.3 is 0 Å². The number of rotatable bonds is 1. The van der Waals surface area contributed by atoms with E-state index in [1.807, 2.05) is 0 Å². The van der Waals surface area contributed by atoms with Crippen LogP contribution in [0.25, 0.3) is 0 Å². The molecule has 2 heteroatoms. The van der Waals surface area contributed by atoms with E-state index in [0.29, 0.717) is 0 Å². The van der Waals surface area contributed by atoms with Crippen LogP contribution in [-0.4, -0.2) is 11.1 Å². The molecule has 1 N–H and O–H groups in total. The van der Waals surface area contributed by atoms with Gasteiger partial charge < -0.3 is 9.90 Å². The van der Waals surface area contributed by atoms with Gasteiger partial charge in [0.1, 0.15) is 0 Å². The zero-order chi connectivity index (χ0) is 6.69. The highest BCUT2D eigenvalue weighted by atomic mass is 16.4. The van der Waals surface area contributed by atoms with Gasteiger partial charge in [0.15, 0.2) is 0 Å². The predicted molar refractivity (Wildman–Crippen MR) is 32.2 cm³/mol. The molecule has 0 bridgehead atoms. The molecule has 1 aromatic carbocycles. The van der Waals surface area contributed by atoms with E-state index in [0.717, 1.165) is 0 Å². The lowest BCUT2D eigenvalue weighted by Gasteiger charge is -1.97. The molecule has 1 aromatic rings. The zero-order valence-corrected chi connectivity index (χ0v) is 4.66. The lowest BCUT2D eigenvalue weighted by atomic mass is 10.2. The summed E-state index contributed by atoms with van der Waals surface area (Å²) in [5.41, 5.74) is 0.206. The first-order chi connectivity index (χ1) is 4.30. The Hall–Kier alpha value is -1.31. The Morgan fingerprint density at radius 1 is 1.56 bits per heavy atom. The average molecular weight is 121 g/mol. The van der Waals surface area contributed by atoms with Crippen LogP contribution >= 0.6 is 0 Å². The topological polar surface area (TPSA) is 37.3 Å². The van der Waals surface area contributed by atoms with Crippen molar-refractivity contribution in [2.45, 2.75) is 0 Å². The number of aromatic carboxylic acids is 1. The average Bonchev–Trinajstić information content (AvgIpc) is 1.90. The van der Waals surface area contributed by atoms with Crippen molar-refractivity contribution in [3.63, 3.8) is 0 Å². The summed E-state index contributed by atoms with van der Waals surface area (Å²) in [7, 11) is 0. The molecule has 46 valence electrons. The summed E-state index contributed by atoms with van der Waals surface area (Å²) in [6.45, 7) is 0. The highest BCUT2D eigenvalue weighted by Gasteiger charge is 1.86. The van der Waals surface area contributed by atoms with Crippen LogP contribution in [0.2, 0.25) is 0 Å². The second-order valence-electron chi connectivity index (χ2n) is 1.58. The second-order valence-corrected chi connectivity index (χ2v) is 1.58. The number of carbonyl (C=O) groups is 1. The second kappa shape index (κ2) is 2.31. The highest BCUT2D eigenvalue weighted by Crippen LogP contribution is 1.94. The maximum atomic E-state index is 10.2. The Bertz CT molecular complexity index is 203. The summed E-state index contributed by atoms with van der Waals surface area (Å²) in [6, 6.07) is 9.04. The molecule has 0 saturated heterocycles. The van der Waals surface area contributed by atoms with E-state index in [9.17, 15) is 4.79 Å². The van der Waals surface area contributed by atoms with E-state index in [2.05, 4.69) is 6.07 Å². The van der Waals surface area contributed by atoms with Crippen LogP contribution in [0.5, 0.6) is 0 Å². The van der Waals surface area contributed by atoms with E-state index < -0.39 is 5.97 Å². The van der Waals surface area contributed by atoms with Gasteiger partial charge in [-0.05, 0) is 0 Å². The molecule has 0 unspecified atom stereocenters. The van der Waals surface area contributed by atoms with E-state index in [1.165, 1.54) is 6.07 Å². The molecule has 0 atom stereocenters. The standard InChI is InChI=1S/C7H5O2/c8-7(9)6-4-2-1-3-5-6/h1-4H,(H,8,9)/q-1. The van der Waals surface area contributed by atoms with Crippen LogP contribution in [0.4, 0.5) is 0 Å². The molecule has 9 heavy (non-hydrogen) atoms. The first-order valence-electron chi connectivity index (χ1n) is 2.51. The Balaban J connectivity index is 2.98. The lowest BCUT2D eigenvalue weighted by molar-refractivity contribution is 0.0696. The van der Waals surface area contributed by atoms with Gasteiger partial charge in [0.25, 0.3) is 0 Å². The summed E-state index contributed by atoms with van der Waals surface area (Å²) in [5.74, 6) is -0.935. The molecule has 0 aliphatic carbocycles. The first kappa shape index (κ1) is 5.82. The molecule has 1 rings (SSSR count). The van der Waals surface area contributed by atoms with Crippen molar-refractivity contribution in [3.05, 3.63) is 35.9 Å². The third kappa shape index (κ3) is 1.29. The molecule has 2 nitrogen and oxygen atoms in total. The quantitative estimate of drug-likeness (QED) is 0.566. The van der Waals surface area contributed by atoms with E-state index in [-0.39, 0.29) is 5.56 Å². The fourth-order valence-corrected chi connectivity index (χ4v) is 0.526. The lowest BCUT2D eigenvalue weighted by Crippen LogP contribution is -1.94. The van der Waals surface area contributed by atoms with Crippen LogP contribution in [0, 0.1) is 6.07 Å². The van der Waals surface area contributed by atoms with Crippen molar-refractivity contribution in [3.8, 4) is 0 Å². The van der Waals surface area contributed by atoms with Gasteiger partial charge in [-0.2, -0.15) is 0 Å². The van der Waals surface area contributed by atoms with Gasteiger partial charge in [-0.3, -0.25) is 0 Å². The van der Waals surface area contributed by atoms with E-state index in [1.54, 1.807) is 18.2 Å². The number of benzene rings is 1. The van der Waals surface area contributed by atoms with Crippen molar-refractivity contribution in [1.29, 1.82) is 0 Å². The molecular weight excluding hydrogens is 116 g/mol. The molecule has 0 spiro atoms. The Morgan fingerprint density at radius 2 is 2.33 bits per heavy atom. The summed E-state index contributed by atoms with van der Waals surface area (Å²) < 4.78 is 0. The molecule has 0 fully saturated rings. The Morgan fingerprint density at radius 3 is 2.67 bits per heavy atom. The monoisotopic (exact) mass is 121 g/mol. The molecule has 0 radical (unpaired) electrons. The molecule has 0 aliphatic rings. The number of hydrogen-bond donors (Lipinski definition) is 1. The maximum Gasteiger partial charge on any atom is 0.247 e. The van der Waals surface area contributed by atoms with Crippen LogP contribution in [0.15, 0.2) is 24.3 Å². The maximum absolute atomic E-state index is 10.2. The van der Waals surface area contributed by atoms with Gasteiger partial charge in [-0.25, -0.2) is 0 Å². The minimum absolute atomic E-state index is 0.206. The molecule has 0 aliphatic heterocycles. The van der Waals surface area contributed by atoms with Gasteiger partial charge in [0, 0.05) is 0 Å². The highest BCUT2D eigenvalue weighted by molar-refractivity contribution is 5.87. The molecule has 0 aromatic heterocycles. The third-order valence-electron chi connectivity index (χ3n) is 0.939. The molecular formula is C7H5O2-. The Labute approximate surface area is 52.8 Å². The van der Waals surface area contributed by atoms with Crippen molar-refractivity contribution in [2.75, 3.05) is 0 Å². The first-order valence-corrected chi connectivity index (χ1v) is 2.51. The fraction of sp³-hybridized carbons (Fsp3) is 0. The SMILES string of the molecule is O=C(O)c1[c-]cccc1. The van der Waals surface area contributed by atoms with Crippen molar-refractivity contribution >= 4 is 5.97 Å². The third-order valence-corrected chi connectivity index (χ3v) is 0.939. The largest absolute Gasteiger partial charge is 0.521 e. The summed E-state index contributed by atoms with van der Waals surface area (Å²) in [4.78, 5) is 10.2. The zero-order valence-electron chi connectivity index (χ0n) is 4.66. The van der Waals surface area contributed by atoms with E-state index in [4.69, 9.17) is 5.11 Å². The van der Waals surface area contributed by atoms with Crippen LogP contribution in [-0.2, 0) is 0 Å². The smallest absolute Gasteiger partial charge is 0.247 e. The molecule has 0 amide bonds. The van der Waals surface area contributed by atoms with Crippen LogP contribution in [0.1, 0.15) is 10.4 Å². The molecule has 0 saturated carbocycles. The van der Waals surface area contributed by atoms with Crippen LogP contribution in [0.3, 0.4) is 0 Å². The van der Waals surface area contributed by atoms with Crippen molar-refractivity contribution < 1.29 is 9.90 Å². The normalized spacial score (nSPS) is 8.89. The van der Waals surface area contributed by atoms with Crippen molar-refractivity contribution in [1.82, 2.24) is 0 Å². The van der Waals surface area contributed by atoms with Crippen LogP contribution < -0.4 is 0 Å². The fourth-order valence-electron chi connectivity index (χ4n) is 0.526. The molecule has 0 heterocycles. The minimum atomic E-state index is -0.935. The number of carboxylic acids is 1. The van der Waals surface area contributed by atoms with Gasteiger partial charge in [0.2, 0.25) is 5.97 Å². The van der Waals surface area contributed by atoms with Gasteiger partial charge in [-0.15, -0.1) is 30.3 Å². The van der Waals surface area contributed by atoms with E-state index >= 15 is 0 Å². The minimum Gasteiger partial charge on any atom is -0.521 e. The number of carboxylic acid groups (broad SMARTS) is 1. The predicted octanol–water partition coefficient (Wildman–Crippen LogP) is 1.18. The summed E-state index contributed by atoms with van der Waals surface area (Å²) in [6.07, 6.45) is 0. The summed E-state index contributed by atoms with van der Waals surface area (Å²) >= 11 is 0. The Kier molecular flexibility index (Phi) is 1.49. The summed E-state index contributed by atoms with van der Waals surface area (Å²) in [5, 5.41) is 8.35. The van der Waals surface area contributed by atoms with Crippen molar-refractivity contribution in [2.24, 2.45) is 0 Å². The van der Waals surface area contributed by atoms with Gasteiger partial charge in [0.05, 0.1) is 0 Å². The van der Waals surface area contributed by atoms with Gasteiger partial charge in [-0.1, -0.05) is 5.56 Å². The number of hydrogen-bond acceptors (Lipinski definition) is 1.